The monoisotopic (exact) mass is 433 g/mol. The molecule has 0 bridgehead atoms. The van der Waals surface area contributed by atoms with E-state index >= 15 is 0 Å². The lowest BCUT2D eigenvalue weighted by atomic mass is 10.1. The van der Waals surface area contributed by atoms with Crippen molar-refractivity contribution in [2.75, 3.05) is 12.4 Å². The number of amides is 1. The zero-order chi connectivity index (χ0) is 22.7. The highest BCUT2D eigenvalue weighted by molar-refractivity contribution is 5.91. The van der Waals surface area contributed by atoms with Crippen molar-refractivity contribution in [1.82, 2.24) is 9.55 Å². The van der Waals surface area contributed by atoms with Gasteiger partial charge in [0.2, 0.25) is 5.91 Å². The molecule has 0 saturated heterocycles. The van der Waals surface area contributed by atoms with Crippen molar-refractivity contribution in [2.24, 2.45) is 0 Å². The smallest absolute Gasteiger partial charge is 0.328 e. The van der Waals surface area contributed by atoms with Crippen molar-refractivity contribution in [1.29, 1.82) is 0 Å². The highest BCUT2D eigenvalue weighted by Crippen LogP contribution is 2.25. The average molecular weight is 433 g/mol. The number of aryl methyl sites for hydroxylation is 1. The molecule has 2 N–H and O–H groups in total. The van der Waals surface area contributed by atoms with Crippen LogP contribution in [-0.2, 0) is 11.3 Å². The number of rotatable bonds is 6. The molecule has 0 spiro atoms. The summed E-state index contributed by atoms with van der Waals surface area (Å²) < 4.78 is 12.3. The van der Waals surface area contributed by atoms with Crippen LogP contribution in [0.5, 0.6) is 5.75 Å². The molecule has 9 heteroatoms. The van der Waals surface area contributed by atoms with Crippen molar-refractivity contribution >= 4 is 22.6 Å². The van der Waals surface area contributed by atoms with Gasteiger partial charge in [-0.25, -0.2) is 4.79 Å². The zero-order valence-electron chi connectivity index (χ0n) is 17.1. The fraction of sp³-hybridized carbons (Fsp3) is 0.130. The summed E-state index contributed by atoms with van der Waals surface area (Å²) in [5.74, 6) is 0.688. The summed E-state index contributed by atoms with van der Waals surface area (Å²) in [6.45, 7) is 0.132. The number of hydrogen-bond donors (Lipinski definition) is 2. The second-order valence-electron chi connectivity index (χ2n) is 7.02. The fourth-order valence-corrected chi connectivity index (χ4v) is 3.19. The van der Waals surface area contributed by atoms with Gasteiger partial charge in [-0.05, 0) is 42.5 Å². The average Bonchev–Trinajstić information content (AvgIpc) is 2.78. The van der Waals surface area contributed by atoms with Gasteiger partial charge < -0.3 is 19.0 Å². The zero-order valence-corrected chi connectivity index (χ0v) is 17.1. The van der Waals surface area contributed by atoms with Gasteiger partial charge in [-0.15, -0.1) is 0 Å². The molecule has 2 aromatic heterocycles. The van der Waals surface area contributed by atoms with Gasteiger partial charge in [0.15, 0.2) is 5.43 Å². The Kier molecular flexibility index (Phi) is 5.71. The highest BCUT2D eigenvalue weighted by Gasteiger charge is 2.09. The van der Waals surface area contributed by atoms with Crippen molar-refractivity contribution in [3.8, 4) is 17.1 Å². The molecule has 0 saturated carbocycles. The first-order chi connectivity index (χ1) is 15.4. The van der Waals surface area contributed by atoms with E-state index in [1.54, 1.807) is 42.5 Å². The third-order valence-electron chi connectivity index (χ3n) is 4.86. The van der Waals surface area contributed by atoms with Gasteiger partial charge in [0.05, 0.1) is 12.5 Å². The van der Waals surface area contributed by atoms with Crippen LogP contribution in [0.3, 0.4) is 0 Å². The van der Waals surface area contributed by atoms with Gasteiger partial charge in [-0.2, -0.15) is 0 Å². The first-order valence-corrected chi connectivity index (χ1v) is 9.75. The summed E-state index contributed by atoms with van der Waals surface area (Å²) in [6.07, 6.45) is 1.40. The van der Waals surface area contributed by atoms with Crippen molar-refractivity contribution < 1.29 is 13.9 Å². The number of anilines is 1. The summed E-state index contributed by atoms with van der Waals surface area (Å²) in [7, 11) is 1.53. The van der Waals surface area contributed by atoms with Gasteiger partial charge >= 0.3 is 5.69 Å². The second-order valence-corrected chi connectivity index (χ2v) is 7.02. The number of nitrogens with zero attached hydrogens (tertiary/aromatic N) is 1. The maximum absolute atomic E-state index is 12.5. The Bertz CT molecular complexity index is 1460. The molecular formula is C23H19N3O6. The quantitative estimate of drug-likeness (QED) is 0.481. The first kappa shape index (κ1) is 20.9. The number of fused-ring (bicyclic) bond motifs is 1. The van der Waals surface area contributed by atoms with Crippen LogP contribution in [0.1, 0.15) is 6.42 Å². The summed E-state index contributed by atoms with van der Waals surface area (Å²) in [6, 6.07) is 14.5. The minimum atomic E-state index is -0.565. The van der Waals surface area contributed by atoms with Crippen LogP contribution >= 0.6 is 0 Å². The van der Waals surface area contributed by atoms with Crippen molar-refractivity contribution in [2.45, 2.75) is 13.0 Å². The number of aromatic amines is 1. The lowest BCUT2D eigenvalue weighted by molar-refractivity contribution is -0.116. The number of carbonyl (C=O) groups excluding carboxylic acids is 1. The molecule has 162 valence electrons. The van der Waals surface area contributed by atoms with Crippen LogP contribution in [0.2, 0.25) is 0 Å². The third kappa shape index (κ3) is 4.51. The normalized spacial score (nSPS) is 10.8. The third-order valence-corrected chi connectivity index (χ3v) is 4.86. The molecule has 0 aliphatic carbocycles. The van der Waals surface area contributed by atoms with Gasteiger partial charge in [0, 0.05) is 42.5 Å². The largest absolute Gasteiger partial charge is 0.497 e. The molecule has 2 aromatic carbocycles. The maximum Gasteiger partial charge on any atom is 0.328 e. The summed E-state index contributed by atoms with van der Waals surface area (Å²) >= 11 is 0. The Hall–Kier alpha value is -4.40. The molecule has 32 heavy (non-hydrogen) atoms. The number of nitrogens with one attached hydrogen (secondary N) is 2. The molecule has 0 aliphatic rings. The van der Waals surface area contributed by atoms with Gasteiger partial charge in [0.25, 0.3) is 5.56 Å². The van der Waals surface area contributed by atoms with E-state index in [1.807, 2.05) is 0 Å². The second kappa shape index (κ2) is 8.76. The van der Waals surface area contributed by atoms with E-state index in [0.717, 1.165) is 0 Å². The van der Waals surface area contributed by atoms with Gasteiger partial charge in [0.1, 0.15) is 17.1 Å². The minimum absolute atomic E-state index is 0.0523. The molecule has 0 radical (unpaired) electrons. The predicted molar refractivity (Wildman–Crippen MR) is 119 cm³/mol. The minimum Gasteiger partial charge on any atom is -0.497 e. The van der Waals surface area contributed by atoms with E-state index in [-0.39, 0.29) is 24.3 Å². The van der Waals surface area contributed by atoms with E-state index in [4.69, 9.17) is 9.15 Å². The predicted octanol–water partition coefficient (Wildman–Crippen LogP) is 2.35. The SMILES string of the molecule is COc1ccc2oc(-c3ccc(NC(=O)CCn4ccc(=O)[nH]c4=O)cc3)cc(=O)c2c1. The number of H-pyrrole nitrogens is 1. The highest BCUT2D eigenvalue weighted by atomic mass is 16.5. The van der Waals surface area contributed by atoms with E-state index in [9.17, 15) is 19.2 Å². The number of hydrogen-bond acceptors (Lipinski definition) is 6. The molecule has 9 nitrogen and oxygen atoms in total. The molecule has 0 aliphatic heterocycles. The van der Waals surface area contributed by atoms with Crippen molar-refractivity contribution in [3.05, 3.63) is 91.9 Å². The van der Waals surface area contributed by atoms with Crippen LogP contribution < -0.4 is 26.7 Å². The van der Waals surface area contributed by atoms with Crippen LogP contribution in [-0.4, -0.2) is 22.6 Å². The van der Waals surface area contributed by atoms with Crippen LogP contribution in [0, 0.1) is 0 Å². The van der Waals surface area contributed by atoms with Gasteiger partial charge in [-0.1, -0.05) is 0 Å². The molecule has 0 unspecified atom stereocenters. The van der Waals surface area contributed by atoms with E-state index < -0.39 is 11.2 Å². The lowest BCUT2D eigenvalue weighted by Crippen LogP contribution is -2.29. The Morgan fingerprint density at radius 3 is 2.56 bits per heavy atom. The number of benzene rings is 2. The molecule has 4 rings (SSSR count). The van der Waals surface area contributed by atoms with Crippen molar-refractivity contribution in [3.63, 3.8) is 0 Å². The molecular weight excluding hydrogens is 414 g/mol. The summed E-state index contributed by atoms with van der Waals surface area (Å²) in [5, 5.41) is 3.17. The molecule has 2 heterocycles. The Balaban J connectivity index is 1.46. The van der Waals surface area contributed by atoms with E-state index in [1.165, 1.54) is 30.0 Å². The first-order valence-electron chi connectivity index (χ1n) is 9.75. The Labute approximate surface area is 180 Å². The molecule has 0 atom stereocenters. The number of ether oxygens (including phenoxy) is 1. The van der Waals surface area contributed by atoms with Crippen LogP contribution in [0.4, 0.5) is 5.69 Å². The number of carbonyl (C=O) groups is 1. The Morgan fingerprint density at radius 2 is 1.84 bits per heavy atom. The van der Waals surface area contributed by atoms with Gasteiger partial charge in [-0.3, -0.25) is 19.4 Å². The Morgan fingerprint density at radius 1 is 1.06 bits per heavy atom. The summed E-state index contributed by atoms with van der Waals surface area (Å²) in [5.41, 5.74) is 0.444. The van der Waals surface area contributed by atoms with E-state index in [2.05, 4.69) is 10.3 Å². The topological polar surface area (TPSA) is 123 Å². The maximum atomic E-state index is 12.5. The number of methoxy groups -OCH3 is 1. The fourth-order valence-electron chi connectivity index (χ4n) is 3.19. The van der Waals surface area contributed by atoms with E-state index in [0.29, 0.717) is 33.7 Å². The lowest BCUT2D eigenvalue weighted by Gasteiger charge is -2.08. The number of aromatic nitrogens is 2. The standard InChI is InChI=1S/C23H19N3O6/c1-31-16-6-7-19-17(12-16)18(27)13-20(32-19)14-2-4-15(5-3-14)24-21(28)8-10-26-11-9-22(29)25-23(26)30/h2-7,9,11-13H,8,10H2,1H3,(H,24,28)(H,25,29,30). The molecule has 0 fully saturated rings. The van der Waals surface area contributed by atoms with Crippen LogP contribution in [0.25, 0.3) is 22.3 Å². The molecule has 4 aromatic rings. The summed E-state index contributed by atoms with van der Waals surface area (Å²) in [4.78, 5) is 49.5. The molecule has 1 amide bonds. The van der Waals surface area contributed by atoms with Crippen LogP contribution in [0.15, 0.2) is 79.6 Å².